The van der Waals surface area contributed by atoms with Crippen LogP contribution in [0.1, 0.15) is 25.0 Å². The van der Waals surface area contributed by atoms with E-state index in [4.69, 9.17) is 0 Å². The molecule has 0 atom stereocenters. The predicted molar refractivity (Wildman–Crippen MR) is 131 cm³/mol. The van der Waals surface area contributed by atoms with Crippen LogP contribution in [-0.2, 0) is 0 Å². The van der Waals surface area contributed by atoms with Crippen LogP contribution in [0.25, 0.3) is 49.7 Å². The third-order valence-electron chi connectivity index (χ3n) is 5.01. The van der Waals surface area contributed by atoms with Crippen molar-refractivity contribution in [2.45, 2.75) is 13.8 Å². The van der Waals surface area contributed by atoms with Gasteiger partial charge in [-0.05, 0) is 26.0 Å². The smallest absolute Gasteiger partial charge is 0.0542 e. The fourth-order valence-electron chi connectivity index (χ4n) is 3.87. The summed E-state index contributed by atoms with van der Waals surface area (Å²) in [5, 5.41) is 9.75. The monoisotopic (exact) mass is 428 g/mol. The molecule has 0 unspecified atom stereocenters. The molecule has 0 bridgehead atoms. The summed E-state index contributed by atoms with van der Waals surface area (Å²) in [5.74, 6) is 12.7. The Morgan fingerprint density at radius 1 is 0.607 bits per heavy atom. The SMILES string of the molecule is CC#Cc1csc2ccc3c4sc5c(ccc6scc(C#CC)c65)c4sc3c12. The molecule has 0 aliphatic carbocycles. The molecule has 0 spiro atoms. The van der Waals surface area contributed by atoms with Gasteiger partial charge < -0.3 is 0 Å². The molecule has 0 saturated heterocycles. The van der Waals surface area contributed by atoms with E-state index in [2.05, 4.69) is 58.7 Å². The quantitative estimate of drug-likeness (QED) is 0.213. The van der Waals surface area contributed by atoms with E-state index in [9.17, 15) is 0 Å². The first-order valence-corrected chi connectivity index (χ1v) is 12.2. The summed E-state index contributed by atoms with van der Waals surface area (Å²) in [6, 6.07) is 9.11. The zero-order valence-electron chi connectivity index (χ0n) is 15.1. The Hall–Kier alpha value is -2.34. The number of rotatable bonds is 0. The van der Waals surface area contributed by atoms with Crippen LogP contribution in [0.4, 0.5) is 0 Å². The van der Waals surface area contributed by atoms with E-state index < -0.39 is 0 Å². The maximum absolute atomic E-state index is 3.30. The van der Waals surface area contributed by atoms with Gasteiger partial charge in [0.05, 0.1) is 9.40 Å². The lowest BCUT2D eigenvalue weighted by molar-refractivity contribution is 1.87. The summed E-state index contributed by atoms with van der Waals surface area (Å²) in [6.45, 7) is 3.82. The third kappa shape index (κ3) is 2.12. The Kier molecular flexibility index (Phi) is 3.60. The van der Waals surface area contributed by atoms with Crippen molar-refractivity contribution in [2.75, 3.05) is 0 Å². The highest BCUT2D eigenvalue weighted by Gasteiger charge is 2.18. The van der Waals surface area contributed by atoms with Crippen LogP contribution in [0.2, 0.25) is 0 Å². The number of benzene rings is 2. The fraction of sp³-hybridized carbons (Fsp3) is 0.0833. The second kappa shape index (κ2) is 6.08. The molecule has 0 N–H and O–H groups in total. The molecule has 0 aliphatic heterocycles. The van der Waals surface area contributed by atoms with Gasteiger partial charge in [-0.25, -0.2) is 0 Å². The highest BCUT2D eigenvalue weighted by Crippen LogP contribution is 2.49. The summed E-state index contributed by atoms with van der Waals surface area (Å²) in [5.41, 5.74) is 2.32. The van der Waals surface area contributed by atoms with Gasteiger partial charge in [-0.2, -0.15) is 0 Å². The molecule has 0 aliphatic rings. The molecule has 6 aromatic rings. The summed E-state index contributed by atoms with van der Waals surface area (Å²) in [7, 11) is 0. The summed E-state index contributed by atoms with van der Waals surface area (Å²) in [6.07, 6.45) is 0. The van der Waals surface area contributed by atoms with Crippen molar-refractivity contribution in [1.82, 2.24) is 0 Å². The highest BCUT2D eigenvalue weighted by atomic mass is 32.1. The number of fused-ring (bicyclic) bond motifs is 9. The molecule has 4 aromatic heterocycles. The zero-order valence-corrected chi connectivity index (χ0v) is 18.4. The maximum atomic E-state index is 3.30. The number of thiophene rings is 4. The maximum Gasteiger partial charge on any atom is 0.0542 e. The van der Waals surface area contributed by atoms with Gasteiger partial charge in [0.25, 0.3) is 0 Å². The summed E-state index contributed by atoms with van der Waals surface area (Å²) >= 11 is 7.42. The molecule has 6 rings (SSSR count). The average Bonchev–Trinajstić information content (AvgIpc) is 3.43. The predicted octanol–water partition coefficient (Wildman–Crippen LogP) is 8.44. The molecule has 0 amide bonds. The Balaban J connectivity index is 1.80. The molecule has 28 heavy (non-hydrogen) atoms. The van der Waals surface area contributed by atoms with Crippen LogP contribution >= 0.6 is 45.3 Å². The number of hydrogen-bond acceptors (Lipinski definition) is 4. The molecule has 0 nitrogen and oxygen atoms in total. The van der Waals surface area contributed by atoms with Crippen LogP contribution in [0.5, 0.6) is 0 Å². The highest BCUT2D eigenvalue weighted by molar-refractivity contribution is 7.37. The first-order valence-electron chi connectivity index (χ1n) is 8.84. The van der Waals surface area contributed by atoms with Crippen molar-refractivity contribution in [3.05, 3.63) is 46.2 Å². The average molecular weight is 429 g/mol. The molecular weight excluding hydrogens is 417 g/mol. The van der Waals surface area contributed by atoms with Crippen LogP contribution in [-0.4, -0.2) is 0 Å². The van der Waals surface area contributed by atoms with Crippen LogP contribution in [0.3, 0.4) is 0 Å². The van der Waals surface area contributed by atoms with Crippen molar-refractivity contribution in [2.24, 2.45) is 0 Å². The van der Waals surface area contributed by atoms with Gasteiger partial charge in [-0.15, -0.1) is 57.2 Å². The van der Waals surface area contributed by atoms with E-state index in [-0.39, 0.29) is 0 Å². The van der Waals surface area contributed by atoms with Crippen molar-refractivity contribution in [3.8, 4) is 23.7 Å². The fourth-order valence-corrected chi connectivity index (χ4v) is 8.75. The van der Waals surface area contributed by atoms with Gasteiger partial charge in [-0.3, -0.25) is 0 Å². The van der Waals surface area contributed by atoms with Crippen molar-refractivity contribution >= 4 is 95.1 Å². The van der Waals surface area contributed by atoms with Gasteiger partial charge in [0, 0.05) is 62.2 Å². The van der Waals surface area contributed by atoms with Gasteiger partial charge in [-0.1, -0.05) is 24.0 Å². The van der Waals surface area contributed by atoms with Gasteiger partial charge in [0.2, 0.25) is 0 Å². The standard InChI is InChI=1S/C24H12S4/c1-3-5-13-11-25-17-9-7-15-21(19(13)17)27-24-16-8-10-18-20(22(16)28-23(15)24)14(6-4-2)12-26-18/h7-12H,1-2H3. The molecule has 132 valence electrons. The van der Waals surface area contributed by atoms with E-state index in [0.717, 1.165) is 11.1 Å². The summed E-state index contributed by atoms with van der Waals surface area (Å²) in [4.78, 5) is 0. The second-order valence-corrected chi connectivity index (χ2v) is 10.4. The molecule has 2 aromatic carbocycles. The topological polar surface area (TPSA) is 0 Å². The second-order valence-electron chi connectivity index (χ2n) is 6.54. The van der Waals surface area contributed by atoms with E-state index in [1.807, 2.05) is 36.5 Å². The van der Waals surface area contributed by atoms with Gasteiger partial charge in [0.15, 0.2) is 0 Å². The van der Waals surface area contributed by atoms with E-state index in [0.29, 0.717) is 0 Å². The molecule has 4 heterocycles. The third-order valence-corrected chi connectivity index (χ3v) is 9.55. The van der Waals surface area contributed by atoms with Crippen molar-refractivity contribution < 1.29 is 0 Å². The van der Waals surface area contributed by atoms with Crippen molar-refractivity contribution in [1.29, 1.82) is 0 Å². The molecule has 4 heteroatoms. The van der Waals surface area contributed by atoms with E-state index in [1.54, 1.807) is 22.7 Å². The lowest BCUT2D eigenvalue weighted by Crippen LogP contribution is -1.72. The lowest BCUT2D eigenvalue weighted by Gasteiger charge is -1.96. The molecule has 0 fully saturated rings. The van der Waals surface area contributed by atoms with Crippen LogP contribution in [0, 0.1) is 23.7 Å². The van der Waals surface area contributed by atoms with E-state index in [1.165, 1.54) is 49.7 Å². The first-order chi connectivity index (χ1) is 13.8. The normalized spacial score (nSPS) is 11.4. The Labute approximate surface area is 178 Å². The minimum absolute atomic E-state index is 1.16. The zero-order chi connectivity index (χ0) is 18.8. The Morgan fingerprint density at radius 3 is 1.50 bits per heavy atom. The van der Waals surface area contributed by atoms with Crippen LogP contribution < -0.4 is 0 Å². The molecule has 0 radical (unpaired) electrons. The molecule has 0 saturated carbocycles. The summed E-state index contributed by atoms with van der Waals surface area (Å²) < 4.78 is 8.19. The van der Waals surface area contributed by atoms with Gasteiger partial charge in [0.1, 0.15) is 0 Å². The van der Waals surface area contributed by atoms with Crippen molar-refractivity contribution in [3.63, 3.8) is 0 Å². The lowest BCUT2D eigenvalue weighted by atomic mass is 10.1. The van der Waals surface area contributed by atoms with Crippen LogP contribution in [0.15, 0.2) is 35.0 Å². The van der Waals surface area contributed by atoms with E-state index >= 15 is 0 Å². The first kappa shape index (κ1) is 16.6. The molecular formula is C24H12S4. The largest absolute Gasteiger partial charge is 0.142 e. The Bertz CT molecular complexity index is 1560. The number of hydrogen-bond donors (Lipinski definition) is 0. The van der Waals surface area contributed by atoms with Gasteiger partial charge >= 0.3 is 0 Å². The minimum Gasteiger partial charge on any atom is -0.142 e. The minimum atomic E-state index is 1.16. The Morgan fingerprint density at radius 2 is 1.07 bits per heavy atom.